The lowest BCUT2D eigenvalue weighted by molar-refractivity contribution is -0.119. The maximum Gasteiger partial charge on any atom is 0.227 e. The molecule has 7 nitrogen and oxygen atoms in total. The SMILES string of the molecule is CC[C@H](C)C(=O)Nc1ccc(N2CCN(S(C)(=O)=O)CC2)nc1. The van der Waals surface area contributed by atoms with Gasteiger partial charge in [0.1, 0.15) is 5.82 Å². The van der Waals surface area contributed by atoms with Crippen molar-refractivity contribution < 1.29 is 13.2 Å². The van der Waals surface area contributed by atoms with E-state index in [1.807, 2.05) is 30.9 Å². The van der Waals surface area contributed by atoms with Crippen molar-refractivity contribution in [3.8, 4) is 0 Å². The second-order valence-electron chi connectivity index (χ2n) is 5.85. The summed E-state index contributed by atoms with van der Waals surface area (Å²) in [6.07, 6.45) is 3.66. The van der Waals surface area contributed by atoms with Crippen molar-refractivity contribution in [3.63, 3.8) is 0 Å². The second-order valence-corrected chi connectivity index (χ2v) is 7.84. The minimum atomic E-state index is -3.12. The molecule has 23 heavy (non-hydrogen) atoms. The molecule has 1 aliphatic rings. The quantitative estimate of drug-likeness (QED) is 0.869. The van der Waals surface area contributed by atoms with Gasteiger partial charge in [-0.15, -0.1) is 0 Å². The lowest BCUT2D eigenvalue weighted by atomic mass is 10.1. The molecule has 2 rings (SSSR count). The number of aromatic nitrogens is 1. The topological polar surface area (TPSA) is 82.6 Å². The van der Waals surface area contributed by atoms with Crippen LogP contribution in [0.2, 0.25) is 0 Å². The highest BCUT2D eigenvalue weighted by Crippen LogP contribution is 2.17. The Kier molecular flexibility index (Phi) is 5.59. The number of pyridine rings is 1. The van der Waals surface area contributed by atoms with Gasteiger partial charge in [0.15, 0.2) is 0 Å². The summed E-state index contributed by atoms with van der Waals surface area (Å²) in [5.41, 5.74) is 0.675. The molecule has 1 amide bonds. The van der Waals surface area contributed by atoms with Crippen molar-refractivity contribution in [3.05, 3.63) is 18.3 Å². The van der Waals surface area contributed by atoms with E-state index in [0.717, 1.165) is 12.2 Å². The number of sulfonamides is 1. The van der Waals surface area contributed by atoms with E-state index in [4.69, 9.17) is 0 Å². The first kappa shape index (κ1) is 17.7. The third-order valence-corrected chi connectivity index (χ3v) is 5.41. The Labute approximate surface area is 137 Å². The zero-order valence-corrected chi connectivity index (χ0v) is 14.6. The highest BCUT2D eigenvalue weighted by Gasteiger charge is 2.23. The minimum Gasteiger partial charge on any atom is -0.354 e. The zero-order valence-electron chi connectivity index (χ0n) is 13.8. The minimum absolute atomic E-state index is 0.0104. The van der Waals surface area contributed by atoms with Crippen molar-refractivity contribution in [2.45, 2.75) is 20.3 Å². The summed E-state index contributed by atoms with van der Waals surface area (Å²) in [4.78, 5) is 18.3. The zero-order chi connectivity index (χ0) is 17.0. The molecule has 1 atom stereocenters. The summed E-state index contributed by atoms with van der Waals surface area (Å²) in [6, 6.07) is 3.67. The highest BCUT2D eigenvalue weighted by molar-refractivity contribution is 7.88. The predicted octanol–water partition coefficient (Wildman–Crippen LogP) is 1.15. The van der Waals surface area contributed by atoms with Crippen molar-refractivity contribution in [1.82, 2.24) is 9.29 Å². The van der Waals surface area contributed by atoms with Crippen LogP contribution < -0.4 is 10.2 Å². The molecule has 1 N–H and O–H groups in total. The number of nitrogens with zero attached hydrogens (tertiary/aromatic N) is 3. The number of amides is 1. The van der Waals surface area contributed by atoms with Gasteiger partial charge in [0.05, 0.1) is 18.1 Å². The van der Waals surface area contributed by atoms with Crippen LogP contribution in [0.15, 0.2) is 18.3 Å². The molecule has 2 heterocycles. The second kappa shape index (κ2) is 7.27. The van der Waals surface area contributed by atoms with Gasteiger partial charge in [0, 0.05) is 32.1 Å². The van der Waals surface area contributed by atoms with Gasteiger partial charge in [-0.25, -0.2) is 13.4 Å². The molecule has 1 aliphatic heterocycles. The van der Waals surface area contributed by atoms with E-state index in [0.29, 0.717) is 31.9 Å². The van der Waals surface area contributed by atoms with Crippen LogP contribution >= 0.6 is 0 Å². The van der Waals surface area contributed by atoms with Gasteiger partial charge >= 0.3 is 0 Å². The monoisotopic (exact) mass is 340 g/mol. The average Bonchev–Trinajstić information content (AvgIpc) is 2.54. The Balaban J connectivity index is 1.94. The Bertz CT molecular complexity index is 637. The van der Waals surface area contributed by atoms with E-state index in [9.17, 15) is 13.2 Å². The molecule has 128 valence electrons. The molecule has 1 fully saturated rings. The van der Waals surface area contributed by atoms with Gasteiger partial charge in [-0.05, 0) is 18.6 Å². The third-order valence-electron chi connectivity index (χ3n) is 4.11. The molecule has 0 spiro atoms. The number of hydrogen-bond donors (Lipinski definition) is 1. The number of rotatable bonds is 5. The van der Waals surface area contributed by atoms with Crippen molar-refractivity contribution in [1.29, 1.82) is 0 Å². The van der Waals surface area contributed by atoms with Crippen LogP contribution in [0.5, 0.6) is 0 Å². The van der Waals surface area contributed by atoms with Crippen LogP contribution in [0.3, 0.4) is 0 Å². The van der Waals surface area contributed by atoms with E-state index in [1.54, 1.807) is 6.20 Å². The van der Waals surface area contributed by atoms with Gasteiger partial charge in [-0.1, -0.05) is 13.8 Å². The summed E-state index contributed by atoms with van der Waals surface area (Å²) in [6.45, 7) is 6.01. The first-order valence-corrected chi connectivity index (χ1v) is 9.63. The van der Waals surface area contributed by atoms with Crippen LogP contribution in [0.1, 0.15) is 20.3 Å². The number of carbonyl (C=O) groups is 1. The van der Waals surface area contributed by atoms with E-state index >= 15 is 0 Å². The van der Waals surface area contributed by atoms with Crippen LogP contribution in [0, 0.1) is 5.92 Å². The average molecular weight is 340 g/mol. The fourth-order valence-electron chi connectivity index (χ4n) is 2.35. The van der Waals surface area contributed by atoms with E-state index < -0.39 is 10.0 Å². The van der Waals surface area contributed by atoms with Gasteiger partial charge in [0.2, 0.25) is 15.9 Å². The van der Waals surface area contributed by atoms with E-state index in [2.05, 4.69) is 10.3 Å². The highest BCUT2D eigenvalue weighted by atomic mass is 32.2. The summed E-state index contributed by atoms with van der Waals surface area (Å²) < 4.78 is 24.5. The molecule has 1 saturated heterocycles. The van der Waals surface area contributed by atoms with Crippen LogP contribution in [0.25, 0.3) is 0 Å². The first-order valence-electron chi connectivity index (χ1n) is 7.78. The molecule has 0 radical (unpaired) electrons. The van der Waals surface area contributed by atoms with Gasteiger partial charge in [-0.3, -0.25) is 4.79 Å². The Morgan fingerprint density at radius 2 is 1.96 bits per heavy atom. The number of nitrogens with one attached hydrogen (secondary N) is 1. The Morgan fingerprint density at radius 3 is 2.43 bits per heavy atom. The fourth-order valence-corrected chi connectivity index (χ4v) is 3.17. The van der Waals surface area contributed by atoms with Crippen LogP contribution in [0.4, 0.5) is 11.5 Å². The van der Waals surface area contributed by atoms with Crippen LogP contribution in [-0.4, -0.2) is 56.0 Å². The van der Waals surface area contributed by atoms with Crippen LogP contribution in [-0.2, 0) is 14.8 Å². The fraction of sp³-hybridized carbons (Fsp3) is 0.600. The predicted molar refractivity (Wildman–Crippen MR) is 91.0 cm³/mol. The van der Waals surface area contributed by atoms with Crippen molar-refractivity contribution >= 4 is 27.4 Å². The molecule has 0 aliphatic carbocycles. The molecule has 1 aromatic heterocycles. The lowest BCUT2D eigenvalue weighted by Crippen LogP contribution is -2.48. The molecular formula is C15H24N4O3S. The maximum absolute atomic E-state index is 11.8. The summed E-state index contributed by atoms with van der Waals surface area (Å²) >= 11 is 0. The van der Waals surface area contributed by atoms with Gasteiger partial charge < -0.3 is 10.2 Å². The largest absolute Gasteiger partial charge is 0.354 e. The maximum atomic E-state index is 11.8. The number of carbonyl (C=O) groups excluding carboxylic acids is 1. The number of hydrogen-bond acceptors (Lipinski definition) is 5. The number of anilines is 2. The van der Waals surface area contributed by atoms with E-state index in [1.165, 1.54) is 10.6 Å². The number of piperazine rings is 1. The first-order chi connectivity index (χ1) is 10.8. The smallest absolute Gasteiger partial charge is 0.227 e. The third kappa shape index (κ3) is 4.65. The molecule has 1 aromatic rings. The Morgan fingerprint density at radius 1 is 1.30 bits per heavy atom. The standard InChI is InChI=1S/C15H24N4O3S/c1-4-12(2)15(20)17-13-5-6-14(16-11-13)18-7-9-19(10-8-18)23(3,21)22/h5-6,11-12H,4,7-10H2,1-3H3,(H,17,20)/t12-/m0/s1. The molecule has 0 unspecified atom stereocenters. The van der Waals surface area contributed by atoms with Crippen molar-refractivity contribution in [2.24, 2.45) is 5.92 Å². The summed E-state index contributed by atoms with van der Waals surface area (Å²) in [7, 11) is -3.12. The molecular weight excluding hydrogens is 316 g/mol. The Hall–Kier alpha value is -1.67. The normalized spacial score (nSPS) is 17.8. The van der Waals surface area contributed by atoms with Gasteiger partial charge in [-0.2, -0.15) is 4.31 Å². The molecule has 0 saturated carbocycles. The molecule has 0 bridgehead atoms. The van der Waals surface area contributed by atoms with E-state index in [-0.39, 0.29) is 11.8 Å². The lowest BCUT2D eigenvalue weighted by Gasteiger charge is -2.34. The summed E-state index contributed by atoms with van der Waals surface area (Å²) in [5.74, 6) is 0.752. The molecule has 8 heteroatoms. The van der Waals surface area contributed by atoms with Gasteiger partial charge in [0.25, 0.3) is 0 Å². The van der Waals surface area contributed by atoms with Crippen molar-refractivity contribution in [2.75, 3.05) is 42.7 Å². The summed E-state index contributed by atoms with van der Waals surface area (Å²) in [5, 5.41) is 2.84. The molecule has 0 aromatic carbocycles.